The van der Waals surface area contributed by atoms with E-state index in [0.29, 0.717) is 11.4 Å². The Morgan fingerprint density at radius 2 is 1.83 bits per heavy atom. The Morgan fingerprint density at radius 3 is 2.39 bits per heavy atom. The fourth-order valence-corrected chi connectivity index (χ4v) is 3.47. The average molecular weight is 340 g/mol. The van der Waals surface area contributed by atoms with Crippen LogP contribution in [0.3, 0.4) is 0 Å². The molecule has 0 radical (unpaired) electrons. The van der Waals surface area contributed by atoms with Gasteiger partial charge in [-0.1, -0.05) is 45.4 Å². The van der Waals surface area contributed by atoms with Gasteiger partial charge in [-0.3, -0.25) is 10.1 Å². The molecule has 0 heterocycles. The van der Waals surface area contributed by atoms with Crippen LogP contribution in [0.4, 0.5) is 11.4 Å². The predicted octanol–water partition coefficient (Wildman–Crippen LogP) is 5.49. The largest absolute Gasteiger partial charge is 0.495 e. The van der Waals surface area contributed by atoms with Crippen LogP contribution in [0.2, 0.25) is 0 Å². The highest BCUT2D eigenvalue weighted by molar-refractivity contribution is 7.99. The summed E-state index contributed by atoms with van der Waals surface area (Å²) in [6.07, 6.45) is 8.97. The molecule has 0 saturated heterocycles. The number of hydrogen-bond acceptors (Lipinski definition) is 5. The van der Waals surface area contributed by atoms with E-state index in [2.05, 4.69) is 12.2 Å². The quantitative estimate of drug-likeness (QED) is 0.236. The van der Waals surface area contributed by atoms with Crippen LogP contribution in [0.15, 0.2) is 17.0 Å². The Balaban J connectivity index is 2.51. The second-order valence-corrected chi connectivity index (χ2v) is 6.63. The van der Waals surface area contributed by atoms with Gasteiger partial charge in [-0.15, -0.1) is 11.8 Å². The molecule has 0 fully saturated rings. The van der Waals surface area contributed by atoms with Crippen LogP contribution in [0.1, 0.15) is 51.9 Å². The summed E-state index contributed by atoms with van der Waals surface area (Å²) < 4.78 is 5.31. The van der Waals surface area contributed by atoms with Crippen LogP contribution in [-0.4, -0.2) is 24.8 Å². The first-order valence-electron chi connectivity index (χ1n) is 8.31. The summed E-state index contributed by atoms with van der Waals surface area (Å²) in [6.45, 7) is 2.23. The third-order valence-corrected chi connectivity index (χ3v) is 4.88. The number of methoxy groups -OCH3 is 1. The van der Waals surface area contributed by atoms with Gasteiger partial charge in [0, 0.05) is 7.05 Å². The molecule has 1 aromatic carbocycles. The standard InChI is InChI=1S/C17H28N2O3S/c1-4-5-6-7-8-9-10-11-23-17-12-14(18-2)15(19(20)21)13-16(17)22-3/h12-13,18H,4-11H2,1-3H3. The molecule has 1 aromatic rings. The number of nitro groups is 1. The van der Waals surface area contributed by atoms with E-state index < -0.39 is 0 Å². The van der Waals surface area contributed by atoms with E-state index in [1.54, 1.807) is 25.9 Å². The lowest BCUT2D eigenvalue weighted by Gasteiger charge is -2.11. The second-order valence-electron chi connectivity index (χ2n) is 5.50. The van der Waals surface area contributed by atoms with Crippen LogP contribution in [0, 0.1) is 10.1 Å². The van der Waals surface area contributed by atoms with Crippen molar-refractivity contribution in [3.8, 4) is 5.75 Å². The number of nitro benzene ring substituents is 1. The van der Waals surface area contributed by atoms with Crippen LogP contribution in [0.25, 0.3) is 0 Å². The lowest BCUT2D eigenvalue weighted by Crippen LogP contribution is -1.99. The fourth-order valence-electron chi connectivity index (χ4n) is 2.41. The first-order valence-corrected chi connectivity index (χ1v) is 9.29. The Hall–Kier alpha value is -1.43. The summed E-state index contributed by atoms with van der Waals surface area (Å²) in [5.74, 6) is 1.58. The van der Waals surface area contributed by atoms with Crippen LogP contribution in [0.5, 0.6) is 5.75 Å². The number of unbranched alkanes of at least 4 members (excludes halogenated alkanes) is 6. The Morgan fingerprint density at radius 1 is 1.17 bits per heavy atom. The smallest absolute Gasteiger partial charge is 0.296 e. The molecule has 0 spiro atoms. The van der Waals surface area contributed by atoms with Crippen molar-refractivity contribution >= 4 is 23.1 Å². The normalized spacial score (nSPS) is 10.6. The zero-order valence-electron chi connectivity index (χ0n) is 14.4. The van der Waals surface area contributed by atoms with Gasteiger partial charge < -0.3 is 10.1 Å². The fraction of sp³-hybridized carbons (Fsp3) is 0.647. The van der Waals surface area contributed by atoms with Crippen molar-refractivity contribution in [3.05, 3.63) is 22.2 Å². The number of rotatable bonds is 12. The lowest BCUT2D eigenvalue weighted by molar-refractivity contribution is -0.384. The first kappa shape index (κ1) is 19.6. The zero-order chi connectivity index (χ0) is 17.1. The first-order chi connectivity index (χ1) is 11.1. The van der Waals surface area contributed by atoms with Gasteiger partial charge in [0.25, 0.3) is 5.69 Å². The van der Waals surface area contributed by atoms with Crippen LogP contribution >= 0.6 is 11.8 Å². The molecular formula is C17H28N2O3S. The molecule has 1 rings (SSSR count). The number of ether oxygens (including phenoxy) is 1. The highest BCUT2D eigenvalue weighted by Crippen LogP contribution is 2.38. The molecule has 0 saturated carbocycles. The van der Waals surface area contributed by atoms with E-state index >= 15 is 0 Å². The van der Waals surface area contributed by atoms with Crippen molar-refractivity contribution in [2.45, 2.75) is 56.8 Å². The van der Waals surface area contributed by atoms with Gasteiger partial charge in [0.2, 0.25) is 0 Å². The molecule has 0 bridgehead atoms. The van der Waals surface area contributed by atoms with E-state index in [4.69, 9.17) is 4.74 Å². The zero-order valence-corrected chi connectivity index (χ0v) is 15.2. The molecule has 23 heavy (non-hydrogen) atoms. The molecule has 0 aromatic heterocycles. The number of hydrogen-bond donors (Lipinski definition) is 1. The number of anilines is 1. The molecule has 1 N–H and O–H groups in total. The van der Waals surface area contributed by atoms with Gasteiger partial charge in [0.05, 0.1) is 23.0 Å². The van der Waals surface area contributed by atoms with Gasteiger partial charge >= 0.3 is 0 Å². The molecular weight excluding hydrogens is 312 g/mol. The Labute approximate surface area is 143 Å². The van der Waals surface area contributed by atoms with Crippen molar-refractivity contribution in [3.63, 3.8) is 0 Å². The van der Waals surface area contributed by atoms with Gasteiger partial charge in [-0.2, -0.15) is 0 Å². The topological polar surface area (TPSA) is 64.4 Å². The summed E-state index contributed by atoms with van der Waals surface area (Å²) in [6, 6.07) is 3.31. The van der Waals surface area contributed by atoms with Gasteiger partial charge in [0.1, 0.15) is 11.4 Å². The minimum absolute atomic E-state index is 0.0459. The summed E-state index contributed by atoms with van der Waals surface area (Å²) in [7, 11) is 3.25. The molecule has 0 unspecified atom stereocenters. The summed E-state index contributed by atoms with van der Waals surface area (Å²) in [5, 5.41) is 14.0. The Bertz CT molecular complexity index is 495. The monoisotopic (exact) mass is 340 g/mol. The number of benzene rings is 1. The van der Waals surface area contributed by atoms with Crippen molar-refractivity contribution < 1.29 is 9.66 Å². The van der Waals surface area contributed by atoms with Crippen LogP contribution < -0.4 is 10.1 Å². The molecule has 0 aliphatic rings. The van der Waals surface area contributed by atoms with Gasteiger partial charge in [0.15, 0.2) is 0 Å². The van der Waals surface area contributed by atoms with Crippen molar-refractivity contribution in [1.82, 2.24) is 0 Å². The van der Waals surface area contributed by atoms with E-state index in [-0.39, 0.29) is 10.6 Å². The van der Waals surface area contributed by atoms with E-state index in [1.807, 2.05) is 6.07 Å². The average Bonchev–Trinajstić information content (AvgIpc) is 2.56. The van der Waals surface area contributed by atoms with Gasteiger partial charge in [-0.05, 0) is 18.2 Å². The third kappa shape index (κ3) is 6.69. The lowest BCUT2D eigenvalue weighted by atomic mass is 10.1. The maximum absolute atomic E-state index is 11.1. The highest BCUT2D eigenvalue weighted by atomic mass is 32.2. The van der Waals surface area contributed by atoms with E-state index in [0.717, 1.165) is 17.1 Å². The second kappa shape index (κ2) is 11.2. The number of thioether (sulfide) groups is 1. The SMILES string of the molecule is CCCCCCCCCSc1cc(NC)c([N+](=O)[O-])cc1OC. The molecule has 0 amide bonds. The molecule has 6 heteroatoms. The van der Waals surface area contributed by atoms with E-state index in [9.17, 15) is 10.1 Å². The molecule has 0 aliphatic carbocycles. The Kier molecular flexibility index (Phi) is 9.52. The van der Waals surface area contributed by atoms with Crippen molar-refractivity contribution in [1.29, 1.82) is 0 Å². The maximum Gasteiger partial charge on any atom is 0.296 e. The molecule has 0 aliphatic heterocycles. The predicted molar refractivity (Wildman–Crippen MR) is 97.9 cm³/mol. The van der Waals surface area contributed by atoms with Gasteiger partial charge in [-0.25, -0.2) is 0 Å². The summed E-state index contributed by atoms with van der Waals surface area (Å²) in [5.41, 5.74) is 0.572. The number of nitrogens with zero attached hydrogens (tertiary/aromatic N) is 1. The third-order valence-electron chi connectivity index (χ3n) is 3.75. The maximum atomic E-state index is 11.1. The molecule has 130 valence electrons. The van der Waals surface area contributed by atoms with Crippen LogP contribution in [-0.2, 0) is 0 Å². The molecule has 5 nitrogen and oxygen atoms in total. The van der Waals surface area contributed by atoms with Crippen molar-refractivity contribution in [2.75, 3.05) is 25.2 Å². The molecule has 0 atom stereocenters. The minimum Gasteiger partial charge on any atom is -0.495 e. The number of nitrogens with one attached hydrogen (secondary N) is 1. The summed E-state index contributed by atoms with van der Waals surface area (Å²) >= 11 is 1.70. The minimum atomic E-state index is -0.390. The summed E-state index contributed by atoms with van der Waals surface area (Å²) in [4.78, 5) is 11.6. The highest BCUT2D eigenvalue weighted by Gasteiger charge is 2.18. The van der Waals surface area contributed by atoms with E-state index in [1.165, 1.54) is 44.6 Å². The van der Waals surface area contributed by atoms with Crippen molar-refractivity contribution in [2.24, 2.45) is 0 Å².